The number of aromatic nitrogens is 3. The molecule has 0 radical (unpaired) electrons. The van der Waals surface area contributed by atoms with E-state index in [4.69, 9.17) is 4.74 Å². The Labute approximate surface area is 158 Å². The summed E-state index contributed by atoms with van der Waals surface area (Å²) in [5, 5.41) is 2.90. The molecule has 0 saturated heterocycles. The number of anilines is 1. The fourth-order valence-electron chi connectivity index (χ4n) is 3.22. The standard InChI is InChI=1S/C21H22N4O2/c1-25-13-12-22-20(25)14-27-17-9-7-16(8-10-17)23-21(26)19-11-6-15-4-2-3-5-18(15)24-19/h6-13H,2-5,14H2,1H3,(H,23,26). The van der Waals surface area contributed by atoms with Gasteiger partial charge >= 0.3 is 0 Å². The number of carbonyl (C=O) groups is 1. The lowest BCUT2D eigenvalue weighted by molar-refractivity contribution is 0.102. The fourth-order valence-corrected chi connectivity index (χ4v) is 3.22. The van der Waals surface area contributed by atoms with E-state index in [1.54, 1.807) is 6.20 Å². The predicted octanol–water partition coefficient (Wildman–Crippen LogP) is 3.53. The molecule has 2 aromatic heterocycles. The number of nitrogens with one attached hydrogen (secondary N) is 1. The van der Waals surface area contributed by atoms with E-state index in [2.05, 4.69) is 15.3 Å². The van der Waals surface area contributed by atoms with Crippen LogP contribution in [0, 0.1) is 0 Å². The molecule has 0 fully saturated rings. The zero-order chi connectivity index (χ0) is 18.6. The molecule has 0 saturated carbocycles. The lowest BCUT2D eigenvalue weighted by Gasteiger charge is -2.15. The second-order valence-electron chi connectivity index (χ2n) is 6.73. The number of hydrogen-bond donors (Lipinski definition) is 1. The first kappa shape index (κ1) is 17.3. The van der Waals surface area contributed by atoms with Gasteiger partial charge in [-0.05, 0) is 61.6 Å². The SMILES string of the molecule is Cn1ccnc1COc1ccc(NC(=O)c2ccc3c(n2)CCCC3)cc1. The third-order valence-electron chi connectivity index (χ3n) is 4.81. The van der Waals surface area contributed by atoms with Crippen LogP contribution < -0.4 is 10.1 Å². The summed E-state index contributed by atoms with van der Waals surface area (Å²) in [7, 11) is 1.93. The van der Waals surface area contributed by atoms with Gasteiger partial charge in [0.15, 0.2) is 0 Å². The maximum atomic E-state index is 12.5. The van der Waals surface area contributed by atoms with Crippen molar-refractivity contribution in [2.24, 2.45) is 7.05 Å². The average molecular weight is 362 g/mol. The van der Waals surface area contributed by atoms with Gasteiger partial charge < -0.3 is 14.6 Å². The van der Waals surface area contributed by atoms with Gasteiger partial charge in [0.25, 0.3) is 5.91 Å². The molecular formula is C21H22N4O2. The van der Waals surface area contributed by atoms with Crippen LogP contribution in [-0.4, -0.2) is 20.4 Å². The number of rotatable bonds is 5. The molecule has 1 aliphatic rings. The molecule has 0 bridgehead atoms. The van der Waals surface area contributed by atoms with Crippen LogP contribution in [0.15, 0.2) is 48.8 Å². The molecule has 1 N–H and O–H groups in total. The van der Waals surface area contributed by atoms with Crippen LogP contribution in [0.25, 0.3) is 0 Å². The summed E-state index contributed by atoms with van der Waals surface area (Å²) in [5.74, 6) is 1.39. The maximum Gasteiger partial charge on any atom is 0.274 e. The Bertz CT molecular complexity index is 947. The highest BCUT2D eigenvalue weighted by Crippen LogP contribution is 2.21. The van der Waals surface area contributed by atoms with E-state index >= 15 is 0 Å². The number of benzene rings is 1. The Balaban J connectivity index is 1.38. The summed E-state index contributed by atoms with van der Waals surface area (Å²) in [6.07, 6.45) is 7.99. The van der Waals surface area contributed by atoms with Crippen molar-refractivity contribution in [2.45, 2.75) is 32.3 Å². The van der Waals surface area contributed by atoms with Crippen LogP contribution in [0.2, 0.25) is 0 Å². The lowest BCUT2D eigenvalue weighted by atomic mass is 9.96. The lowest BCUT2D eigenvalue weighted by Crippen LogP contribution is -2.16. The van der Waals surface area contributed by atoms with Gasteiger partial charge in [-0.3, -0.25) is 4.79 Å². The smallest absolute Gasteiger partial charge is 0.274 e. The molecule has 6 nitrogen and oxygen atoms in total. The average Bonchev–Trinajstić information content (AvgIpc) is 3.12. The minimum absolute atomic E-state index is 0.190. The Hall–Kier alpha value is -3.15. The van der Waals surface area contributed by atoms with E-state index in [-0.39, 0.29) is 5.91 Å². The minimum atomic E-state index is -0.190. The number of pyridine rings is 1. The van der Waals surface area contributed by atoms with Crippen molar-refractivity contribution in [3.8, 4) is 5.75 Å². The van der Waals surface area contributed by atoms with Gasteiger partial charge in [0.2, 0.25) is 0 Å². The van der Waals surface area contributed by atoms with Crippen molar-refractivity contribution in [1.82, 2.24) is 14.5 Å². The van der Waals surface area contributed by atoms with E-state index in [0.29, 0.717) is 18.0 Å². The van der Waals surface area contributed by atoms with E-state index in [1.807, 2.05) is 54.2 Å². The molecule has 0 atom stereocenters. The third kappa shape index (κ3) is 4.00. The zero-order valence-electron chi connectivity index (χ0n) is 15.3. The fraction of sp³-hybridized carbons (Fsp3) is 0.286. The van der Waals surface area contributed by atoms with Gasteiger partial charge in [-0.2, -0.15) is 0 Å². The molecule has 3 aromatic rings. The minimum Gasteiger partial charge on any atom is -0.486 e. The highest BCUT2D eigenvalue weighted by atomic mass is 16.5. The molecular weight excluding hydrogens is 340 g/mol. The Kier molecular flexibility index (Phi) is 4.87. The summed E-state index contributed by atoms with van der Waals surface area (Å²) in [4.78, 5) is 21.3. The van der Waals surface area contributed by atoms with E-state index in [1.165, 1.54) is 12.0 Å². The zero-order valence-corrected chi connectivity index (χ0v) is 15.3. The maximum absolute atomic E-state index is 12.5. The number of hydrogen-bond acceptors (Lipinski definition) is 4. The van der Waals surface area contributed by atoms with E-state index in [0.717, 1.165) is 36.5 Å². The number of carbonyl (C=O) groups excluding carboxylic acids is 1. The van der Waals surface area contributed by atoms with Crippen LogP contribution in [0.3, 0.4) is 0 Å². The number of ether oxygens (including phenoxy) is 1. The molecule has 1 aromatic carbocycles. The summed E-state index contributed by atoms with van der Waals surface area (Å²) in [5.41, 5.74) is 3.51. The molecule has 6 heteroatoms. The van der Waals surface area contributed by atoms with Crippen LogP contribution in [-0.2, 0) is 26.5 Å². The quantitative estimate of drug-likeness (QED) is 0.754. The largest absolute Gasteiger partial charge is 0.486 e. The van der Waals surface area contributed by atoms with Gasteiger partial charge in [0.05, 0.1) is 0 Å². The predicted molar refractivity (Wildman–Crippen MR) is 103 cm³/mol. The van der Waals surface area contributed by atoms with Gasteiger partial charge in [0.1, 0.15) is 23.9 Å². The molecule has 1 amide bonds. The summed E-state index contributed by atoms with van der Waals surface area (Å²) in [6, 6.07) is 11.2. The number of imidazole rings is 1. The molecule has 138 valence electrons. The first-order valence-corrected chi connectivity index (χ1v) is 9.18. The molecule has 0 aliphatic heterocycles. The van der Waals surface area contributed by atoms with E-state index in [9.17, 15) is 4.79 Å². The molecule has 1 aliphatic carbocycles. The van der Waals surface area contributed by atoms with Crippen molar-refractivity contribution in [3.05, 3.63) is 71.6 Å². The monoisotopic (exact) mass is 362 g/mol. The third-order valence-corrected chi connectivity index (χ3v) is 4.81. The van der Waals surface area contributed by atoms with Gasteiger partial charge in [-0.15, -0.1) is 0 Å². The highest BCUT2D eigenvalue weighted by Gasteiger charge is 2.14. The van der Waals surface area contributed by atoms with Crippen molar-refractivity contribution in [3.63, 3.8) is 0 Å². The number of amides is 1. The van der Waals surface area contributed by atoms with Crippen molar-refractivity contribution in [1.29, 1.82) is 0 Å². The van der Waals surface area contributed by atoms with Crippen LogP contribution in [0.1, 0.15) is 40.4 Å². The number of nitrogens with zero attached hydrogens (tertiary/aromatic N) is 3. The van der Waals surface area contributed by atoms with Crippen molar-refractivity contribution >= 4 is 11.6 Å². The highest BCUT2D eigenvalue weighted by molar-refractivity contribution is 6.02. The summed E-state index contributed by atoms with van der Waals surface area (Å²) >= 11 is 0. The molecule has 0 spiro atoms. The topological polar surface area (TPSA) is 69.0 Å². The van der Waals surface area contributed by atoms with Crippen molar-refractivity contribution in [2.75, 3.05) is 5.32 Å². The van der Waals surface area contributed by atoms with Crippen LogP contribution >= 0.6 is 0 Å². The van der Waals surface area contributed by atoms with Gasteiger partial charge in [-0.25, -0.2) is 9.97 Å². The number of aryl methyl sites for hydroxylation is 3. The Morgan fingerprint density at radius 3 is 2.74 bits per heavy atom. The Morgan fingerprint density at radius 2 is 1.96 bits per heavy atom. The molecule has 27 heavy (non-hydrogen) atoms. The van der Waals surface area contributed by atoms with E-state index < -0.39 is 0 Å². The molecule has 0 unspecified atom stereocenters. The van der Waals surface area contributed by atoms with Gasteiger partial charge in [-0.1, -0.05) is 6.07 Å². The summed E-state index contributed by atoms with van der Waals surface area (Å²) < 4.78 is 7.65. The first-order chi connectivity index (χ1) is 13.2. The normalized spacial score (nSPS) is 13.1. The second-order valence-corrected chi connectivity index (χ2v) is 6.73. The molecule has 2 heterocycles. The number of fused-ring (bicyclic) bond motifs is 1. The first-order valence-electron chi connectivity index (χ1n) is 9.18. The van der Waals surface area contributed by atoms with Crippen molar-refractivity contribution < 1.29 is 9.53 Å². The molecule has 4 rings (SSSR count). The Morgan fingerprint density at radius 1 is 1.15 bits per heavy atom. The van der Waals surface area contributed by atoms with Gasteiger partial charge in [0, 0.05) is 30.8 Å². The summed E-state index contributed by atoms with van der Waals surface area (Å²) in [6.45, 7) is 0.397. The van der Waals surface area contributed by atoms with Crippen LogP contribution in [0.4, 0.5) is 5.69 Å². The second kappa shape index (κ2) is 7.61. The van der Waals surface area contributed by atoms with Crippen LogP contribution in [0.5, 0.6) is 5.75 Å².